The molecule has 4 nitrogen and oxygen atoms in total. The average Bonchev–Trinajstić information content (AvgIpc) is 2.59. The summed E-state index contributed by atoms with van der Waals surface area (Å²) in [4.78, 5) is 11.6. The van der Waals surface area contributed by atoms with Crippen LogP contribution in [0.2, 0.25) is 10.0 Å². The van der Waals surface area contributed by atoms with Crippen molar-refractivity contribution in [2.45, 2.75) is 0 Å². The van der Waals surface area contributed by atoms with Gasteiger partial charge in [-0.2, -0.15) is 0 Å². The Morgan fingerprint density at radius 2 is 1.67 bits per heavy atom. The van der Waals surface area contributed by atoms with E-state index in [0.29, 0.717) is 10.9 Å². The van der Waals surface area contributed by atoms with E-state index < -0.39 is 13.3 Å². The monoisotopic (exact) mass is 382 g/mol. The minimum Gasteiger partial charge on any atom is -0.465 e. The molecule has 124 valence electrons. The lowest BCUT2D eigenvalue weighted by molar-refractivity contribution is 0.0601. The summed E-state index contributed by atoms with van der Waals surface area (Å²) in [5, 5.41) is 0.694. The third-order valence-electron chi connectivity index (χ3n) is 3.13. The van der Waals surface area contributed by atoms with Crippen LogP contribution in [0.4, 0.5) is 0 Å². The van der Waals surface area contributed by atoms with Gasteiger partial charge in [0.15, 0.2) is 0 Å². The predicted molar refractivity (Wildman–Crippen MR) is 95.4 cm³/mol. The maximum absolute atomic E-state index is 12.8. The first-order valence-electron chi connectivity index (χ1n) is 6.73. The van der Waals surface area contributed by atoms with Crippen LogP contribution in [0.15, 0.2) is 42.5 Å². The van der Waals surface area contributed by atoms with E-state index in [1.165, 1.54) is 26.4 Å². The highest BCUT2D eigenvalue weighted by Crippen LogP contribution is 2.43. The van der Waals surface area contributed by atoms with Crippen molar-refractivity contribution >= 4 is 41.8 Å². The Balaban J connectivity index is 2.44. The average molecular weight is 383 g/mol. The summed E-state index contributed by atoms with van der Waals surface area (Å²) in [5.41, 5.74) is 3.11. The molecular formula is C17H13Cl2O4P. The zero-order chi connectivity index (χ0) is 17.7. The van der Waals surface area contributed by atoms with Crippen molar-refractivity contribution in [1.82, 2.24) is 0 Å². The SMILES string of the molecule is COC(=O)c1c(Cl)cc(C#CP(=O)(OC)c2ccccc2)cc1Cl. The molecule has 0 spiro atoms. The molecule has 1 atom stereocenters. The number of rotatable bonds is 3. The van der Waals surface area contributed by atoms with E-state index in [2.05, 4.69) is 16.3 Å². The van der Waals surface area contributed by atoms with E-state index in [0.717, 1.165) is 0 Å². The normalized spacial score (nSPS) is 12.7. The molecule has 0 aliphatic heterocycles. The van der Waals surface area contributed by atoms with Gasteiger partial charge in [0.25, 0.3) is 0 Å². The number of benzene rings is 2. The first-order chi connectivity index (χ1) is 11.4. The molecule has 0 radical (unpaired) electrons. The van der Waals surface area contributed by atoms with E-state index in [-0.39, 0.29) is 15.6 Å². The standard InChI is InChI=1S/C17H13Cl2O4P/c1-22-17(20)16-14(18)10-12(11-15(16)19)8-9-24(21,23-2)13-6-4-3-5-7-13/h3-7,10-11H,1-2H3. The van der Waals surface area contributed by atoms with Crippen molar-refractivity contribution < 1.29 is 18.6 Å². The largest absolute Gasteiger partial charge is 0.465 e. The smallest absolute Gasteiger partial charge is 0.340 e. The van der Waals surface area contributed by atoms with Crippen LogP contribution in [0.25, 0.3) is 0 Å². The second-order valence-corrected chi connectivity index (χ2v) is 7.64. The van der Waals surface area contributed by atoms with Gasteiger partial charge in [0.1, 0.15) is 0 Å². The number of hydrogen-bond acceptors (Lipinski definition) is 4. The molecule has 0 saturated carbocycles. The van der Waals surface area contributed by atoms with Crippen molar-refractivity contribution in [2.24, 2.45) is 0 Å². The predicted octanol–water partition coefficient (Wildman–Crippen LogP) is 4.34. The number of hydrogen-bond donors (Lipinski definition) is 0. The molecule has 2 aromatic rings. The van der Waals surface area contributed by atoms with E-state index in [1.807, 2.05) is 6.07 Å². The quantitative estimate of drug-likeness (QED) is 0.450. The van der Waals surface area contributed by atoms with Gasteiger partial charge in [-0.25, -0.2) is 4.79 Å². The van der Waals surface area contributed by atoms with E-state index >= 15 is 0 Å². The number of esters is 1. The molecule has 2 rings (SSSR count). The van der Waals surface area contributed by atoms with Crippen LogP contribution in [0.3, 0.4) is 0 Å². The Hall–Kier alpha value is -1.76. The zero-order valence-corrected chi connectivity index (χ0v) is 15.3. The lowest BCUT2D eigenvalue weighted by atomic mass is 10.1. The summed E-state index contributed by atoms with van der Waals surface area (Å²) in [7, 11) is -0.754. The summed E-state index contributed by atoms with van der Waals surface area (Å²) >= 11 is 12.1. The Morgan fingerprint density at radius 3 is 2.17 bits per heavy atom. The van der Waals surface area contributed by atoms with Crippen LogP contribution in [-0.2, 0) is 13.8 Å². The first-order valence-corrected chi connectivity index (χ1v) is 9.11. The Kier molecular flexibility index (Phi) is 6.10. The van der Waals surface area contributed by atoms with E-state index in [1.54, 1.807) is 24.3 Å². The van der Waals surface area contributed by atoms with Gasteiger partial charge in [-0.1, -0.05) is 47.3 Å². The minimum atomic E-state index is -3.32. The summed E-state index contributed by atoms with van der Waals surface area (Å²) in [6.45, 7) is 0. The molecule has 0 aliphatic carbocycles. The number of carbonyl (C=O) groups excluding carboxylic acids is 1. The molecule has 0 aromatic heterocycles. The number of ether oxygens (including phenoxy) is 1. The second kappa shape index (κ2) is 7.88. The molecule has 0 saturated heterocycles. The first kappa shape index (κ1) is 18.6. The third-order valence-corrected chi connectivity index (χ3v) is 5.63. The van der Waals surface area contributed by atoms with E-state index in [4.69, 9.17) is 27.7 Å². The van der Waals surface area contributed by atoms with Gasteiger partial charge in [0.05, 0.1) is 22.7 Å². The zero-order valence-electron chi connectivity index (χ0n) is 12.9. The van der Waals surface area contributed by atoms with Crippen molar-refractivity contribution in [3.05, 3.63) is 63.6 Å². The maximum Gasteiger partial charge on any atom is 0.340 e. The molecule has 0 aliphatic rings. The number of halogens is 2. The van der Waals surface area contributed by atoms with Crippen LogP contribution in [-0.4, -0.2) is 20.2 Å². The molecule has 0 fully saturated rings. The van der Waals surface area contributed by atoms with Crippen molar-refractivity contribution in [1.29, 1.82) is 0 Å². The second-order valence-electron chi connectivity index (χ2n) is 4.61. The molecule has 1 unspecified atom stereocenters. The van der Waals surface area contributed by atoms with Crippen LogP contribution in [0.5, 0.6) is 0 Å². The molecule has 24 heavy (non-hydrogen) atoms. The highest BCUT2D eigenvalue weighted by atomic mass is 35.5. The van der Waals surface area contributed by atoms with Crippen LogP contribution in [0, 0.1) is 11.6 Å². The number of methoxy groups -OCH3 is 1. The van der Waals surface area contributed by atoms with Gasteiger partial charge in [-0.3, -0.25) is 4.57 Å². The van der Waals surface area contributed by atoms with Gasteiger partial charge in [0, 0.05) is 18.0 Å². The van der Waals surface area contributed by atoms with Crippen LogP contribution in [0.1, 0.15) is 15.9 Å². The minimum absolute atomic E-state index is 0.0596. The Morgan fingerprint density at radius 1 is 1.08 bits per heavy atom. The lowest BCUT2D eigenvalue weighted by Crippen LogP contribution is -2.04. The molecule has 0 amide bonds. The van der Waals surface area contributed by atoms with Crippen LogP contribution >= 0.6 is 30.6 Å². The van der Waals surface area contributed by atoms with Gasteiger partial charge >= 0.3 is 13.3 Å². The fourth-order valence-corrected chi connectivity index (χ4v) is 3.83. The van der Waals surface area contributed by atoms with E-state index in [9.17, 15) is 9.36 Å². The molecule has 0 bridgehead atoms. The topological polar surface area (TPSA) is 52.6 Å². The molecule has 0 heterocycles. The Bertz CT molecular complexity index is 846. The van der Waals surface area contributed by atoms with Crippen LogP contribution < -0.4 is 5.30 Å². The number of carbonyl (C=O) groups is 1. The molecule has 0 N–H and O–H groups in total. The van der Waals surface area contributed by atoms with Gasteiger partial charge in [-0.15, -0.1) is 0 Å². The fraction of sp³-hybridized carbons (Fsp3) is 0.118. The highest BCUT2D eigenvalue weighted by Gasteiger charge is 2.21. The van der Waals surface area contributed by atoms with Crippen molar-refractivity contribution in [3.8, 4) is 11.6 Å². The fourth-order valence-electron chi connectivity index (χ4n) is 1.92. The van der Waals surface area contributed by atoms with Gasteiger partial charge in [0.2, 0.25) is 0 Å². The molecule has 2 aromatic carbocycles. The Labute approximate surface area is 150 Å². The summed E-state index contributed by atoms with van der Waals surface area (Å²) in [6, 6.07) is 11.6. The molecule has 7 heteroatoms. The summed E-state index contributed by atoms with van der Waals surface area (Å²) < 4.78 is 22.6. The van der Waals surface area contributed by atoms with Crippen molar-refractivity contribution in [2.75, 3.05) is 14.2 Å². The lowest BCUT2D eigenvalue weighted by Gasteiger charge is -2.09. The third kappa shape index (κ3) is 4.01. The molecular weight excluding hydrogens is 370 g/mol. The summed E-state index contributed by atoms with van der Waals surface area (Å²) in [5.74, 6) is 2.10. The van der Waals surface area contributed by atoms with Crippen molar-refractivity contribution in [3.63, 3.8) is 0 Å². The van der Waals surface area contributed by atoms with Gasteiger partial charge in [-0.05, 0) is 29.9 Å². The summed E-state index contributed by atoms with van der Waals surface area (Å²) in [6.07, 6.45) is 0. The maximum atomic E-state index is 12.8. The van der Waals surface area contributed by atoms with Gasteiger partial charge < -0.3 is 9.26 Å². The highest BCUT2D eigenvalue weighted by molar-refractivity contribution is 7.71.